The molecule has 0 aromatic carbocycles. The number of rotatable bonds is 7. The lowest BCUT2D eigenvalue weighted by atomic mass is 10.9. The first-order valence-electron chi connectivity index (χ1n) is 4.39. The van der Waals surface area contributed by atoms with Crippen molar-refractivity contribution in [2.45, 2.75) is 20.8 Å². The van der Waals surface area contributed by atoms with Gasteiger partial charge in [-0.05, 0) is 20.8 Å². The van der Waals surface area contributed by atoms with E-state index in [9.17, 15) is 0 Å². The van der Waals surface area contributed by atoms with E-state index in [4.69, 9.17) is 24.9 Å². The Bertz CT molecular complexity index is 146. The van der Waals surface area contributed by atoms with E-state index in [1.807, 2.05) is 20.8 Å². The van der Waals surface area contributed by atoms with E-state index < -0.39 is 8.80 Å². The van der Waals surface area contributed by atoms with Crippen LogP contribution in [-0.4, -0.2) is 28.6 Å². The highest BCUT2D eigenvalue weighted by molar-refractivity contribution is 6.79. The van der Waals surface area contributed by atoms with Crippen LogP contribution in [0.5, 0.6) is 0 Å². The zero-order chi connectivity index (χ0) is 10.3. The van der Waals surface area contributed by atoms with Gasteiger partial charge >= 0.3 is 8.80 Å². The van der Waals surface area contributed by atoms with Crippen molar-refractivity contribution >= 4 is 20.4 Å². The Morgan fingerprint density at radius 3 is 1.54 bits per heavy atom. The average Bonchev–Trinajstić information content (AvgIpc) is 2.05. The maximum atomic E-state index is 5.83. The Balaban J connectivity index is 4.48. The molecule has 78 valence electrons. The number of hydrogen-bond donors (Lipinski definition) is 0. The van der Waals surface area contributed by atoms with Crippen molar-refractivity contribution in [2.24, 2.45) is 0 Å². The van der Waals surface area contributed by atoms with Gasteiger partial charge in [0.1, 0.15) is 0 Å². The fourth-order valence-electron chi connectivity index (χ4n) is 0.930. The molecule has 0 heterocycles. The minimum absolute atomic E-state index is 0.345. The molecule has 0 spiro atoms. The van der Waals surface area contributed by atoms with E-state index >= 15 is 0 Å². The van der Waals surface area contributed by atoms with Gasteiger partial charge in [0, 0.05) is 19.8 Å². The fraction of sp³-hybridized carbons (Fsp3) is 0.750. The summed E-state index contributed by atoms with van der Waals surface area (Å²) in [6.07, 6.45) is 0. The molecule has 0 aromatic rings. The van der Waals surface area contributed by atoms with Crippen LogP contribution >= 0.6 is 11.6 Å². The van der Waals surface area contributed by atoms with Crippen LogP contribution in [0.2, 0.25) is 0 Å². The monoisotopic (exact) mass is 224 g/mol. The normalized spacial score (nSPS) is 11.7. The molecule has 0 amide bonds. The zero-order valence-corrected chi connectivity index (χ0v) is 10.2. The second-order valence-corrected chi connectivity index (χ2v) is 5.62. The molecule has 0 radical (unpaired) electrons. The van der Waals surface area contributed by atoms with Crippen molar-refractivity contribution < 1.29 is 13.3 Å². The first-order valence-corrected chi connectivity index (χ1v) is 6.49. The van der Waals surface area contributed by atoms with Gasteiger partial charge in [-0.1, -0.05) is 18.2 Å². The van der Waals surface area contributed by atoms with E-state index in [0.717, 1.165) is 0 Å². The van der Waals surface area contributed by atoms with E-state index in [1.165, 1.54) is 0 Å². The standard InChI is InChI=1S/C8H17ClO3Si/c1-5-10-13(8(4)9,11-6-2)12-7-3/h4-7H2,1-3H3. The van der Waals surface area contributed by atoms with Crippen LogP contribution in [0, 0.1) is 0 Å². The molecule has 0 aliphatic heterocycles. The largest absolute Gasteiger partial charge is 0.548 e. The van der Waals surface area contributed by atoms with Gasteiger partial charge in [0.25, 0.3) is 0 Å². The van der Waals surface area contributed by atoms with Crippen molar-refractivity contribution in [3.8, 4) is 0 Å². The molecule has 0 aromatic heterocycles. The highest BCUT2D eigenvalue weighted by Gasteiger charge is 2.43. The van der Waals surface area contributed by atoms with Gasteiger partial charge in [-0.15, -0.1) is 0 Å². The summed E-state index contributed by atoms with van der Waals surface area (Å²) in [7, 11) is -2.80. The lowest BCUT2D eigenvalue weighted by Crippen LogP contribution is -2.46. The van der Waals surface area contributed by atoms with Gasteiger partial charge in [0.05, 0.1) is 4.66 Å². The molecule has 0 aliphatic carbocycles. The lowest BCUT2D eigenvalue weighted by Gasteiger charge is -2.26. The Hall–Kier alpha value is 0.127. The molecule has 0 aliphatic rings. The van der Waals surface area contributed by atoms with E-state index in [-0.39, 0.29) is 0 Å². The smallest absolute Gasteiger partial charge is 0.370 e. The molecule has 13 heavy (non-hydrogen) atoms. The molecule has 0 N–H and O–H groups in total. The Morgan fingerprint density at radius 2 is 1.38 bits per heavy atom. The van der Waals surface area contributed by atoms with E-state index in [1.54, 1.807) is 0 Å². The van der Waals surface area contributed by atoms with Crippen molar-refractivity contribution in [1.82, 2.24) is 0 Å². The second-order valence-electron chi connectivity index (χ2n) is 2.26. The zero-order valence-electron chi connectivity index (χ0n) is 8.43. The third-order valence-corrected chi connectivity index (χ3v) is 4.70. The average molecular weight is 225 g/mol. The van der Waals surface area contributed by atoms with Gasteiger partial charge in [0.2, 0.25) is 0 Å². The summed E-state index contributed by atoms with van der Waals surface area (Å²) in [5.74, 6) is 0. The molecule has 0 saturated heterocycles. The highest BCUT2D eigenvalue weighted by atomic mass is 35.5. The minimum atomic E-state index is -2.80. The summed E-state index contributed by atoms with van der Waals surface area (Å²) < 4.78 is 16.6. The van der Waals surface area contributed by atoms with Crippen LogP contribution in [-0.2, 0) is 13.3 Å². The molecule has 0 atom stereocenters. The molecular formula is C8H17ClO3Si. The maximum absolute atomic E-state index is 5.83. The number of halogens is 1. The number of hydrogen-bond acceptors (Lipinski definition) is 3. The predicted molar refractivity (Wildman–Crippen MR) is 55.6 cm³/mol. The SMILES string of the molecule is C=C(Cl)[Si](OCC)(OCC)OCC. The van der Waals surface area contributed by atoms with Gasteiger partial charge in [-0.25, -0.2) is 0 Å². The van der Waals surface area contributed by atoms with Crippen molar-refractivity contribution in [3.63, 3.8) is 0 Å². The van der Waals surface area contributed by atoms with Crippen molar-refractivity contribution in [1.29, 1.82) is 0 Å². The Labute approximate surface area is 86.0 Å². The third-order valence-electron chi connectivity index (χ3n) is 1.34. The molecule has 3 nitrogen and oxygen atoms in total. The van der Waals surface area contributed by atoms with E-state index in [0.29, 0.717) is 24.5 Å². The summed E-state index contributed by atoms with van der Waals surface area (Å²) in [5.41, 5.74) is 0. The first-order chi connectivity index (χ1) is 6.13. The van der Waals surface area contributed by atoms with Crippen molar-refractivity contribution in [2.75, 3.05) is 19.8 Å². The molecule has 0 unspecified atom stereocenters. The van der Waals surface area contributed by atoms with Crippen LogP contribution in [0.3, 0.4) is 0 Å². The molecule has 0 rings (SSSR count). The van der Waals surface area contributed by atoms with Crippen LogP contribution < -0.4 is 0 Å². The van der Waals surface area contributed by atoms with Crippen LogP contribution in [0.4, 0.5) is 0 Å². The Kier molecular flexibility index (Phi) is 6.63. The summed E-state index contributed by atoms with van der Waals surface area (Å²) in [6, 6.07) is 0. The van der Waals surface area contributed by atoms with Crippen LogP contribution in [0.15, 0.2) is 11.2 Å². The van der Waals surface area contributed by atoms with Gasteiger partial charge < -0.3 is 13.3 Å². The van der Waals surface area contributed by atoms with Crippen molar-refractivity contribution in [3.05, 3.63) is 11.2 Å². The summed E-state index contributed by atoms with van der Waals surface area (Å²) in [5, 5.41) is 0. The minimum Gasteiger partial charge on any atom is -0.370 e. The molecular weight excluding hydrogens is 208 g/mol. The summed E-state index contributed by atoms with van der Waals surface area (Å²) >= 11 is 5.83. The predicted octanol–water partition coefficient (Wildman–Crippen LogP) is 2.33. The second kappa shape index (κ2) is 6.56. The molecule has 0 fully saturated rings. The lowest BCUT2D eigenvalue weighted by molar-refractivity contribution is 0.0830. The topological polar surface area (TPSA) is 27.7 Å². The first kappa shape index (κ1) is 13.1. The molecule has 5 heteroatoms. The molecule has 0 saturated carbocycles. The highest BCUT2D eigenvalue weighted by Crippen LogP contribution is 2.21. The van der Waals surface area contributed by atoms with Crippen LogP contribution in [0.1, 0.15) is 20.8 Å². The Morgan fingerprint density at radius 1 is 1.08 bits per heavy atom. The fourth-order valence-corrected chi connectivity index (χ4v) is 3.28. The van der Waals surface area contributed by atoms with Gasteiger partial charge in [-0.2, -0.15) is 0 Å². The van der Waals surface area contributed by atoms with Gasteiger partial charge in [-0.3, -0.25) is 0 Å². The third kappa shape index (κ3) is 3.78. The quantitative estimate of drug-likeness (QED) is 0.622. The van der Waals surface area contributed by atoms with Crippen LogP contribution in [0.25, 0.3) is 0 Å². The summed E-state index contributed by atoms with van der Waals surface area (Å²) in [6.45, 7) is 10.8. The van der Waals surface area contributed by atoms with Gasteiger partial charge in [0.15, 0.2) is 0 Å². The maximum Gasteiger partial charge on any atom is 0.548 e. The molecule has 0 bridgehead atoms. The summed E-state index contributed by atoms with van der Waals surface area (Å²) in [4.78, 5) is 0. The van der Waals surface area contributed by atoms with E-state index in [2.05, 4.69) is 6.58 Å².